The normalized spacial score (nSPS) is 15.0. The van der Waals surface area contributed by atoms with Crippen LogP contribution < -0.4 is 0 Å². The summed E-state index contributed by atoms with van der Waals surface area (Å²) in [5, 5.41) is 0. The van der Waals surface area contributed by atoms with E-state index in [1.165, 1.54) is 0 Å². The zero-order chi connectivity index (χ0) is 7.65. The van der Waals surface area contributed by atoms with E-state index in [0.717, 1.165) is 11.3 Å². The summed E-state index contributed by atoms with van der Waals surface area (Å²) < 4.78 is 0. The Balaban J connectivity index is 4.01. The first-order valence-corrected chi connectivity index (χ1v) is 7.04. The van der Waals surface area contributed by atoms with Crippen molar-refractivity contribution in [1.29, 1.82) is 0 Å². The molecule has 2 heteroatoms. The summed E-state index contributed by atoms with van der Waals surface area (Å²) in [5.41, 5.74) is 1.86. The Morgan fingerprint density at radius 1 is 1.00 bits per heavy atom. The molecule has 0 aromatic rings. The molecule has 0 heterocycles. The first kappa shape index (κ1) is 9.49. The fraction of sp³-hybridized carbons (Fsp3) is 1.00. The molecular weight excluding hydrogens is 126 g/mol. The Hall–Kier alpha value is 0.495. The van der Waals surface area contributed by atoms with Crippen LogP contribution in [-0.4, -0.2) is 25.5 Å². The molecule has 56 valence electrons. The molecule has 0 saturated heterocycles. The Morgan fingerprint density at radius 2 is 1.22 bits per heavy atom. The Labute approximate surface area is 61.1 Å². The zero-order valence-electron chi connectivity index (χ0n) is 7.65. The van der Waals surface area contributed by atoms with E-state index in [9.17, 15) is 0 Å². The van der Waals surface area contributed by atoms with Gasteiger partial charge in [0.2, 0.25) is 0 Å². The summed E-state index contributed by atoms with van der Waals surface area (Å²) >= 11 is 0. The third-order valence-electron chi connectivity index (χ3n) is 2.98. The van der Waals surface area contributed by atoms with Crippen LogP contribution in [-0.2, 0) is 0 Å². The van der Waals surface area contributed by atoms with Gasteiger partial charge in [-0.1, -0.05) is 0 Å². The van der Waals surface area contributed by atoms with Crippen LogP contribution in [0.5, 0.6) is 0 Å². The average molecular weight is 146 g/mol. The molecule has 0 saturated carbocycles. The predicted octanol–water partition coefficient (Wildman–Crippen LogP) is 1.73. The van der Waals surface area contributed by atoms with Gasteiger partial charge in [-0.05, 0) is 0 Å². The average Bonchev–Trinajstić information content (AvgIpc) is 1.65. The van der Waals surface area contributed by atoms with Crippen molar-refractivity contribution < 1.29 is 0 Å². The summed E-state index contributed by atoms with van der Waals surface area (Å²) in [6.45, 7) is 11.9. The Bertz CT molecular complexity index is 76.9. The van der Waals surface area contributed by atoms with Gasteiger partial charge in [-0.2, -0.15) is 0 Å². The molecule has 0 rings (SSSR count). The summed E-state index contributed by atoms with van der Waals surface area (Å²) in [6.07, 6.45) is 0. The maximum absolute atomic E-state index is 2.47. The van der Waals surface area contributed by atoms with E-state index in [1.807, 2.05) is 0 Å². The fourth-order valence-electron chi connectivity index (χ4n) is 0.667. The molecule has 0 aliphatic heterocycles. The maximum atomic E-state index is 2.47. The van der Waals surface area contributed by atoms with E-state index in [0.29, 0.717) is 0 Å². The van der Waals surface area contributed by atoms with Gasteiger partial charge in [-0.25, -0.2) is 0 Å². The second kappa shape index (κ2) is 3.06. The van der Waals surface area contributed by atoms with E-state index >= 15 is 0 Å². The van der Waals surface area contributed by atoms with Crippen LogP contribution in [0.2, 0.25) is 0 Å². The van der Waals surface area contributed by atoms with Gasteiger partial charge in [0.15, 0.2) is 0 Å². The Morgan fingerprint density at radius 3 is 1.22 bits per heavy atom. The van der Waals surface area contributed by atoms with Crippen LogP contribution in [0.25, 0.3) is 0 Å². The van der Waals surface area contributed by atoms with E-state index in [2.05, 4.69) is 41.9 Å². The van der Waals surface area contributed by atoms with Gasteiger partial charge in [-0.3, -0.25) is 0 Å². The molecule has 0 aliphatic carbocycles. The van der Waals surface area contributed by atoms with Crippen molar-refractivity contribution >= 4 is 14.7 Å². The fourth-order valence-corrected chi connectivity index (χ4v) is 2.00. The van der Waals surface area contributed by atoms with Crippen molar-refractivity contribution in [3.05, 3.63) is 0 Å². The van der Waals surface area contributed by atoms with Gasteiger partial charge in [0.05, 0.1) is 0 Å². The SMILES string of the molecule is B[PH](C)(C(C)C)C(C)C. The van der Waals surface area contributed by atoms with Gasteiger partial charge >= 0.3 is 60.4 Å². The third kappa shape index (κ3) is 2.30. The molecule has 0 spiro atoms. The molecule has 0 amide bonds. The molecule has 0 aromatic heterocycles. The third-order valence-corrected chi connectivity index (χ3v) is 8.93. The summed E-state index contributed by atoms with van der Waals surface area (Å²) in [6, 6.07) is 0. The number of hydrogen-bond acceptors (Lipinski definition) is 0. The summed E-state index contributed by atoms with van der Waals surface area (Å²) in [5.74, 6) is 0. The van der Waals surface area contributed by atoms with Crippen molar-refractivity contribution in [2.45, 2.75) is 39.0 Å². The van der Waals surface area contributed by atoms with E-state index in [4.69, 9.17) is 0 Å². The predicted molar refractivity (Wildman–Crippen MR) is 53.1 cm³/mol. The van der Waals surface area contributed by atoms with Gasteiger partial charge in [0, 0.05) is 0 Å². The van der Waals surface area contributed by atoms with Crippen LogP contribution in [0.1, 0.15) is 27.7 Å². The minimum atomic E-state index is -0.858. The summed E-state index contributed by atoms with van der Waals surface area (Å²) in [4.78, 5) is 0. The van der Waals surface area contributed by atoms with E-state index in [1.54, 1.807) is 0 Å². The summed E-state index contributed by atoms with van der Waals surface area (Å²) in [7, 11) is 1.62. The zero-order valence-corrected chi connectivity index (χ0v) is 8.65. The molecule has 0 N–H and O–H groups in total. The van der Waals surface area contributed by atoms with Crippen molar-refractivity contribution in [2.75, 3.05) is 6.66 Å². The second-order valence-electron chi connectivity index (χ2n) is 4.13. The molecule has 0 radical (unpaired) electrons. The van der Waals surface area contributed by atoms with Gasteiger partial charge in [-0.15, -0.1) is 0 Å². The van der Waals surface area contributed by atoms with Crippen LogP contribution in [0.15, 0.2) is 0 Å². The van der Waals surface area contributed by atoms with Crippen LogP contribution in [0.3, 0.4) is 0 Å². The van der Waals surface area contributed by atoms with Crippen LogP contribution in [0, 0.1) is 0 Å². The molecule has 0 bridgehead atoms. The van der Waals surface area contributed by atoms with Crippen molar-refractivity contribution in [3.8, 4) is 0 Å². The topological polar surface area (TPSA) is 0 Å². The van der Waals surface area contributed by atoms with Gasteiger partial charge in [0.1, 0.15) is 0 Å². The van der Waals surface area contributed by atoms with Crippen molar-refractivity contribution in [1.82, 2.24) is 0 Å². The quantitative estimate of drug-likeness (QED) is 0.411. The van der Waals surface area contributed by atoms with Crippen LogP contribution in [0.4, 0.5) is 0 Å². The Kier molecular flexibility index (Phi) is 3.22. The monoisotopic (exact) mass is 146 g/mol. The van der Waals surface area contributed by atoms with Gasteiger partial charge < -0.3 is 0 Å². The van der Waals surface area contributed by atoms with Crippen molar-refractivity contribution in [2.24, 2.45) is 0 Å². The first-order chi connectivity index (χ1) is 3.89. The van der Waals surface area contributed by atoms with Crippen LogP contribution >= 0.6 is 7.14 Å². The molecular formula is C7H20BP. The van der Waals surface area contributed by atoms with Crippen molar-refractivity contribution in [3.63, 3.8) is 0 Å². The number of hydrogen-bond donors (Lipinski definition) is 0. The van der Waals surface area contributed by atoms with Gasteiger partial charge in [0.25, 0.3) is 0 Å². The minimum absolute atomic E-state index is 0.858. The molecule has 0 aromatic carbocycles. The van der Waals surface area contributed by atoms with E-state index < -0.39 is 7.14 Å². The molecule has 0 fully saturated rings. The van der Waals surface area contributed by atoms with E-state index in [-0.39, 0.29) is 0 Å². The second-order valence-corrected chi connectivity index (χ2v) is 10.1. The number of rotatable bonds is 2. The molecule has 0 nitrogen and oxygen atoms in total. The standard InChI is InChI=1S/C7H20BP/c1-6(2)9(5,8)7(3)4/h6-7,9H,8H2,1-5H3. The molecule has 9 heavy (non-hydrogen) atoms. The molecule has 0 aliphatic rings. The molecule has 0 atom stereocenters. The first-order valence-electron chi connectivity index (χ1n) is 3.89. The molecule has 0 unspecified atom stereocenters.